The van der Waals surface area contributed by atoms with Gasteiger partial charge in [-0.2, -0.15) is 0 Å². The largest absolute Gasteiger partial charge is 0.387 e. The zero-order valence-corrected chi connectivity index (χ0v) is 28.2. The van der Waals surface area contributed by atoms with E-state index in [4.69, 9.17) is 0 Å². The molecular weight excluding hydrogens is 512 g/mol. The van der Waals surface area contributed by atoms with Gasteiger partial charge >= 0.3 is 0 Å². The monoisotopic (exact) mass is 570 g/mol. The number of aliphatic hydroxyl groups is 2. The highest BCUT2D eigenvalue weighted by atomic mass is 16.3. The van der Waals surface area contributed by atoms with Gasteiger partial charge in [0.15, 0.2) is 0 Å². The van der Waals surface area contributed by atoms with E-state index in [-0.39, 0.29) is 5.41 Å². The van der Waals surface area contributed by atoms with Crippen LogP contribution in [0, 0.1) is 5.41 Å². The number of allylic oxidation sites excluding steroid dienone is 21. The van der Waals surface area contributed by atoms with Crippen LogP contribution in [0.3, 0.4) is 0 Å². The molecule has 1 aliphatic rings. The Hall–Kier alpha value is -2.94. The number of aliphatic hydroxyl groups excluding tert-OH is 1. The highest BCUT2D eigenvalue weighted by molar-refractivity contribution is 5.37. The molecule has 0 amide bonds. The van der Waals surface area contributed by atoms with Crippen molar-refractivity contribution in [1.29, 1.82) is 0 Å². The summed E-state index contributed by atoms with van der Waals surface area (Å²) in [6, 6.07) is 0. The second kappa shape index (κ2) is 18.6. The van der Waals surface area contributed by atoms with Gasteiger partial charge in [-0.3, -0.25) is 0 Å². The van der Waals surface area contributed by atoms with E-state index in [9.17, 15) is 10.2 Å². The lowest BCUT2D eigenvalue weighted by Crippen LogP contribution is -2.37. The molecule has 0 unspecified atom stereocenters. The van der Waals surface area contributed by atoms with Crippen molar-refractivity contribution in [2.75, 3.05) is 0 Å². The van der Waals surface area contributed by atoms with E-state index in [1.54, 1.807) is 13.0 Å². The average Bonchev–Trinajstić information content (AvgIpc) is 2.88. The third kappa shape index (κ3) is 15.3. The van der Waals surface area contributed by atoms with E-state index >= 15 is 0 Å². The molecule has 1 rings (SSSR count). The first-order valence-electron chi connectivity index (χ1n) is 15.5. The van der Waals surface area contributed by atoms with Gasteiger partial charge in [0.25, 0.3) is 0 Å². The van der Waals surface area contributed by atoms with Crippen LogP contribution in [0.5, 0.6) is 0 Å². The summed E-state index contributed by atoms with van der Waals surface area (Å²) in [5.41, 5.74) is 7.95. The Kier molecular flexibility index (Phi) is 16.4. The topological polar surface area (TPSA) is 40.5 Å². The molecule has 0 heterocycles. The van der Waals surface area contributed by atoms with Crippen LogP contribution in [-0.4, -0.2) is 21.9 Å². The minimum Gasteiger partial charge on any atom is -0.387 e. The molecule has 0 bridgehead atoms. The van der Waals surface area contributed by atoms with Gasteiger partial charge in [-0.05, 0) is 98.5 Å². The van der Waals surface area contributed by atoms with Gasteiger partial charge in [-0.15, -0.1) is 0 Å². The SMILES string of the molecule is CC(C)=CCC[C@](C)(O)[C@H](O)/C=C/C(C)=C/C=C/C(C)=C/C=C/C=C(C)/C=C/C=C(C)/C=C/C1=C(C)CCCC1(C)C. The van der Waals surface area contributed by atoms with E-state index in [1.807, 2.05) is 45.1 Å². The summed E-state index contributed by atoms with van der Waals surface area (Å²) in [7, 11) is 0. The lowest BCUT2D eigenvalue weighted by atomic mass is 9.72. The molecule has 0 saturated heterocycles. The fraction of sp³-hybridized carbons (Fsp3) is 0.450. The molecule has 2 nitrogen and oxygen atoms in total. The summed E-state index contributed by atoms with van der Waals surface area (Å²) in [5, 5.41) is 20.9. The van der Waals surface area contributed by atoms with E-state index in [0.29, 0.717) is 6.42 Å². The Balaban J connectivity index is 2.62. The highest BCUT2D eigenvalue weighted by Gasteiger charge is 2.27. The first-order valence-corrected chi connectivity index (χ1v) is 15.5. The second-order valence-corrected chi connectivity index (χ2v) is 13.0. The molecule has 2 heteroatoms. The second-order valence-electron chi connectivity index (χ2n) is 13.0. The molecule has 1 aliphatic carbocycles. The Labute approximate surface area is 258 Å². The average molecular weight is 571 g/mol. The van der Waals surface area contributed by atoms with E-state index in [0.717, 1.165) is 17.6 Å². The third-order valence-electron chi connectivity index (χ3n) is 7.70. The summed E-state index contributed by atoms with van der Waals surface area (Å²) in [5.74, 6) is 0. The predicted octanol–water partition coefficient (Wildman–Crippen LogP) is 10.9. The van der Waals surface area contributed by atoms with Crippen molar-refractivity contribution < 1.29 is 10.2 Å². The van der Waals surface area contributed by atoms with Gasteiger partial charge in [0, 0.05) is 0 Å². The van der Waals surface area contributed by atoms with Crippen molar-refractivity contribution in [2.45, 2.75) is 113 Å². The maximum Gasteiger partial charge on any atom is 0.101 e. The molecule has 0 radical (unpaired) electrons. The zero-order valence-electron chi connectivity index (χ0n) is 28.2. The van der Waals surface area contributed by atoms with Gasteiger partial charge in [-0.25, -0.2) is 0 Å². The molecule has 42 heavy (non-hydrogen) atoms. The molecular formula is C40H58O2. The van der Waals surface area contributed by atoms with Crippen LogP contribution in [0.15, 0.2) is 130 Å². The molecule has 2 atom stereocenters. The van der Waals surface area contributed by atoms with Crippen LogP contribution >= 0.6 is 0 Å². The van der Waals surface area contributed by atoms with Crippen LogP contribution in [-0.2, 0) is 0 Å². The standard InChI is InChI=1S/C40H58O2/c1-31(2)17-15-30-40(10,42)38(41)28-26-35(6)23-14-21-33(4)19-12-11-18-32(3)20-13-22-34(5)25-27-37-36(7)24-16-29-39(37,8)9/h11-14,17-23,25-28,38,41-42H,15-16,24,29-30H2,1-10H3/b12-11+,20-13+,21-14+,27-25+,28-26+,32-18+,33-19+,34-22+,35-23+/t38-,40+/m1/s1. The summed E-state index contributed by atoms with van der Waals surface area (Å²) >= 11 is 0. The van der Waals surface area contributed by atoms with Crippen molar-refractivity contribution in [3.63, 3.8) is 0 Å². The minimum absolute atomic E-state index is 0.273. The molecule has 2 N–H and O–H groups in total. The number of rotatable bonds is 14. The Morgan fingerprint density at radius 3 is 1.83 bits per heavy atom. The third-order valence-corrected chi connectivity index (χ3v) is 7.70. The van der Waals surface area contributed by atoms with Crippen molar-refractivity contribution >= 4 is 0 Å². The summed E-state index contributed by atoms with van der Waals surface area (Å²) in [6.07, 6.45) is 35.0. The van der Waals surface area contributed by atoms with Gasteiger partial charge in [0.05, 0.1) is 5.60 Å². The molecule has 0 aromatic rings. The fourth-order valence-corrected chi connectivity index (χ4v) is 4.82. The zero-order chi connectivity index (χ0) is 31.8. The maximum atomic E-state index is 10.5. The van der Waals surface area contributed by atoms with Gasteiger partial charge in [0.1, 0.15) is 6.10 Å². The van der Waals surface area contributed by atoms with Crippen LogP contribution in [0.25, 0.3) is 0 Å². The van der Waals surface area contributed by atoms with Crippen molar-refractivity contribution in [2.24, 2.45) is 5.41 Å². The minimum atomic E-state index is -1.15. The fourth-order valence-electron chi connectivity index (χ4n) is 4.82. The van der Waals surface area contributed by atoms with Crippen LogP contribution in [0.4, 0.5) is 0 Å². The van der Waals surface area contributed by atoms with E-state index in [2.05, 4.69) is 102 Å². The molecule has 230 valence electrons. The summed E-state index contributed by atoms with van der Waals surface area (Å²) < 4.78 is 0. The Morgan fingerprint density at radius 2 is 1.31 bits per heavy atom. The summed E-state index contributed by atoms with van der Waals surface area (Å²) in [4.78, 5) is 0. The first-order chi connectivity index (χ1) is 19.6. The number of hydrogen-bond donors (Lipinski definition) is 2. The highest BCUT2D eigenvalue weighted by Crippen LogP contribution is 2.40. The van der Waals surface area contributed by atoms with E-state index < -0.39 is 11.7 Å². The molecule has 0 aliphatic heterocycles. The molecule has 0 saturated carbocycles. The van der Waals surface area contributed by atoms with Crippen LogP contribution in [0.1, 0.15) is 101 Å². The Bertz CT molecular complexity index is 1210. The van der Waals surface area contributed by atoms with Crippen molar-refractivity contribution in [3.05, 3.63) is 130 Å². The van der Waals surface area contributed by atoms with Crippen LogP contribution < -0.4 is 0 Å². The lowest BCUT2D eigenvalue weighted by Gasteiger charge is -2.32. The quantitative estimate of drug-likeness (QED) is 0.161. The van der Waals surface area contributed by atoms with Crippen LogP contribution in [0.2, 0.25) is 0 Å². The van der Waals surface area contributed by atoms with Gasteiger partial charge in [-0.1, -0.05) is 138 Å². The van der Waals surface area contributed by atoms with E-state index in [1.165, 1.54) is 47.1 Å². The van der Waals surface area contributed by atoms with Crippen molar-refractivity contribution in [1.82, 2.24) is 0 Å². The van der Waals surface area contributed by atoms with Gasteiger partial charge < -0.3 is 10.2 Å². The number of hydrogen-bond acceptors (Lipinski definition) is 2. The molecule has 0 fully saturated rings. The van der Waals surface area contributed by atoms with Gasteiger partial charge in [0.2, 0.25) is 0 Å². The maximum absolute atomic E-state index is 10.5. The lowest BCUT2D eigenvalue weighted by molar-refractivity contribution is -0.0427. The van der Waals surface area contributed by atoms with Crippen molar-refractivity contribution in [3.8, 4) is 0 Å². The molecule has 0 spiro atoms. The predicted molar refractivity (Wildman–Crippen MR) is 186 cm³/mol. The molecule has 0 aromatic carbocycles. The Morgan fingerprint density at radius 1 is 0.810 bits per heavy atom. The first kappa shape index (κ1) is 37.1. The smallest absolute Gasteiger partial charge is 0.101 e. The summed E-state index contributed by atoms with van der Waals surface area (Å²) in [6.45, 7) is 21.1. The normalized spacial score (nSPS) is 20.1. The molecule has 0 aromatic heterocycles.